The van der Waals surface area contributed by atoms with Gasteiger partial charge in [0.1, 0.15) is 6.07 Å². The zero-order chi connectivity index (χ0) is 11.9. The highest BCUT2D eigenvalue weighted by Crippen LogP contribution is 2.31. The topological polar surface area (TPSA) is 23.8 Å². The summed E-state index contributed by atoms with van der Waals surface area (Å²) in [5.74, 6) is 0.594. The maximum atomic E-state index is 14.3. The average Bonchev–Trinajstić information content (AvgIpc) is 2.35. The quantitative estimate of drug-likeness (QED) is 0.540. The van der Waals surface area contributed by atoms with Crippen LogP contribution in [0.25, 0.3) is 0 Å². The second-order valence-electron chi connectivity index (χ2n) is 3.78. The molecular formula is C13H15ClFN. The fraction of sp³-hybridized carbons (Fsp3) is 0.462. The van der Waals surface area contributed by atoms with Gasteiger partial charge in [-0.3, -0.25) is 0 Å². The van der Waals surface area contributed by atoms with Gasteiger partial charge in [0.2, 0.25) is 5.67 Å². The van der Waals surface area contributed by atoms with Crippen LogP contribution in [0.5, 0.6) is 0 Å². The molecule has 1 unspecified atom stereocenters. The van der Waals surface area contributed by atoms with Crippen LogP contribution >= 0.6 is 11.6 Å². The molecule has 86 valence electrons. The lowest BCUT2D eigenvalue weighted by atomic mass is 9.91. The van der Waals surface area contributed by atoms with Crippen molar-refractivity contribution in [2.45, 2.75) is 31.4 Å². The minimum absolute atomic E-state index is 0.240. The van der Waals surface area contributed by atoms with Crippen molar-refractivity contribution in [1.29, 1.82) is 5.26 Å². The van der Waals surface area contributed by atoms with Crippen molar-refractivity contribution in [2.75, 3.05) is 5.88 Å². The Morgan fingerprint density at radius 2 is 1.88 bits per heavy atom. The molecule has 0 radical (unpaired) electrons. The molecule has 0 spiro atoms. The molecular weight excluding hydrogens is 225 g/mol. The van der Waals surface area contributed by atoms with Gasteiger partial charge in [0.25, 0.3) is 0 Å². The van der Waals surface area contributed by atoms with E-state index in [0.717, 1.165) is 12.8 Å². The third-order valence-electron chi connectivity index (χ3n) is 2.56. The van der Waals surface area contributed by atoms with Crippen LogP contribution in [-0.2, 0) is 5.67 Å². The van der Waals surface area contributed by atoms with E-state index in [9.17, 15) is 4.39 Å². The van der Waals surface area contributed by atoms with Crippen LogP contribution in [0.4, 0.5) is 4.39 Å². The van der Waals surface area contributed by atoms with Crippen LogP contribution in [0.1, 0.15) is 31.2 Å². The summed E-state index contributed by atoms with van der Waals surface area (Å²) in [6.45, 7) is 0. The van der Waals surface area contributed by atoms with Crippen LogP contribution in [0.3, 0.4) is 0 Å². The Morgan fingerprint density at radius 1 is 1.19 bits per heavy atom. The Morgan fingerprint density at radius 3 is 2.44 bits per heavy atom. The molecule has 1 atom stereocenters. The van der Waals surface area contributed by atoms with E-state index in [0.29, 0.717) is 17.9 Å². The maximum Gasteiger partial charge on any atom is 0.221 e. The molecule has 0 heterocycles. The molecule has 0 N–H and O–H groups in total. The number of benzene rings is 1. The lowest BCUT2D eigenvalue weighted by molar-refractivity contribution is 0.220. The number of nitrogens with zero attached hydrogens (tertiary/aromatic N) is 1. The normalized spacial score (nSPS) is 14.1. The third kappa shape index (κ3) is 3.50. The molecule has 16 heavy (non-hydrogen) atoms. The van der Waals surface area contributed by atoms with Crippen LogP contribution in [0, 0.1) is 11.3 Å². The number of unbranched alkanes of at least 4 members (excludes halogenated alkanes) is 2. The second kappa shape index (κ2) is 6.50. The fourth-order valence-corrected chi connectivity index (χ4v) is 1.80. The van der Waals surface area contributed by atoms with Gasteiger partial charge in [-0.15, -0.1) is 11.6 Å². The number of hydrogen-bond donors (Lipinski definition) is 0. The summed E-state index contributed by atoms with van der Waals surface area (Å²) in [6.07, 6.45) is 2.66. The first-order valence-electron chi connectivity index (χ1n) is 5.44. The van der Waals surface area contributed by atoms with E-state index in [-0.39, 0.29) is 6.42 Å². The first kappa shape index (κ1) is 13.0. The smallest absolute Gasteiger partial charge is 0.221 e. The molecule has 1 rings (SSSR count). The van der Waals surface area contributed by atoms with Gasteiger partial charge in [-0.05, 0) is 19.3 Å². The third-order valence-corrected chi connectivity index (χ3v) is 2.83. The molecule has 0 fully saturated rings. The molecule has 0 aliphatic rings. The van der Waals surface area contributed by atoms with Crippen LogP contribution < -0.4 is 0 Å². The van der Waals surface area contributed by atoms with Crippen LogP contribution in [0.2, 0.25) is 0 Å². The van der Waals surface area contributed by atoms with Gasteiger partial charge in [-0.2, -0.15) is 5.26 Å². The predicted molar refractivity (Wildman–Crippen MR) is 64.0 cm³/mol. The van der Waals surface area contributed by atoms with Crippen molar-refractivity contribution in [1.82, 2.24) is 0 Å². The second-order valence-corrected chi connectivity index (χ2v) is 4.16. The van der Waals surface area contributed by atoms with Gasteiger partial charge in [-0.25, -0.2) is 4.39 Å². The highest BCUT2D eigenvalue weighted by Gasteiger charge is 2.30. The van der Waals surface area contributed by atoms with E-state index in [1.165, 1.54) is 0 Å². The minimum Gasteiger partial charge on any atom is -0.222 e. The molecule has 3 heteroatoms. The molecule has 1 nitrogen and oxygen atoms in total. The molecule has 0 amide bonds. The number of hydrogen-bond acceptors (Lipinski definition) is 1. The molecule has 1 aromatic carbocycles. The van der Waals surface area contributed by atoms with Crippen molar-refractivity contribution in [3.63, 3.8) is 0 Å². The Balaban J connectivity index is 2.61. The number of rotatable bonds is 6. The van der Waals surface area contributed by atoms with Crippen molar-refractivity contribution < 1.29 is 4.39 Å². The van der Waals surface area contributed by atoms with Gasteiger partial charge >= 0.3 is 0 Å². The van der Waals surface area contributed by atoms with Gasteiger partial charge in [0, 0.05) is 11.4 Å². The summed E-state index contributed by atoms with van der Waals surface area (Å²) in [5.41, 5.74) is -1.41. The molecule has 0 saturated heterocycles. The van der Waals surface area contributed by atoms with Crippen molar-refractivity contribution in [3.05, 3.63) is 35.9 Å². The molecule has 0 aliphatic carbocycles. The summed E-state index contributed by atoms with van der Waals surface area (Å²) in [5, 5.41) is 8.94. The van der Waals surface area contributed by atoms with E-state index < -0.39 is 5.67 Å². The standard InChI is InChI=1S/C13H15ClFN/c14-10-6-2-5-9-13(15,11-16)12-7-3-1-4-8-12/h1,3-4,7-8H,2,5-6,9-10H2. The predicted octanol–water partition coefficient (Wildman–Crippen LogP) is 4.17. The molecule has 0 aromatic heterocycles. The minimum atomic E-state index is -1.85. The summed E-state index contributed by atoms with van der Waals surface area (Å²) < 4.78 is 14.3. The van der Waals surface area contributed by atoms with Gasteiger partial charge < -0.3 is 0 Å². The summed E-state index contributed by atoms with van der Waals surface area (Å²) in [7, 11) is 0. The highest BCUT2D eigenvalue weighted by molar-refractivity contribution is 6.17. The van der Waals surface area contributed by atoms with Crippen molar-refractivity contribution >= 4 is 11.6 Å². The lowest BCUT2D eigenvalue weighted by Gasteiger charge is -2.17. The Kier molecular flexibility index (Phi) is 5.28. The van der Waals surface area contributed by atoms with E-state index in [4.69, 9.17) is 16.9 Å². The zero-order valence-corrected chi connectivity index (χ0v) is 9.88. The van der Waals surface area contributed by atoms with E-state index in [1.807, 2.05) is 6.07 Å². The van der Waals surface area contributed by atoms with Gasteiger partial charge in [0.15, 0.2) is 0 Å². The van der Waals surface area contributed by atoms with Gasteiger partial charge in [0.05, 0.1) is 0 Å². The Labute approximate surface area is 101 Å². The zero-order valence-electron chi connectivity index (χ0n) is 9.13. The molecule has 0 saturated carbocycles. The van der Waals surface area contributed by atoms with Crippen LogP contribution in [-0.4, -0.2) is 5.88 Å². The number of halogens is 2. The largest absolute Gasteiger partial charge is 0.222 e. The molecule has 0 bridgehead atoms. The first-order valence-corrected chi connectivity index (χ1v) is 5.98. The van der Waals surface area contributed by atoms with E-state index >= 15 is 0 Å². The Hall–Kier alpha value is -1.07. The Bertz CT molecular complexity index is 347. The first-order chi connectivity index (χ1) is 7.73. The lowest BCUT2D eigenvalue weighted by Crippen LogP contribution is -2.17. The maximum absolute atomic E-state index is 14.3. The SMILES string of the molecule is N#CC(F)(CCCCCCl)c1ccccc1. The summed E-state index contributed by atoms with van der Waals surface area (Å²) in [6, 6.07) is 10.4. The van der Waals surface area contributed by atoms with Crippen molar-refractivity contribution in [3.8, 4) is 6.07 Å². The fourth-order valence-electron chi connectivity index (χ4n) is 1.61. The van der Waals surface area contributed by atoms with Crippen molar-refractivity contribution in [2.24, 2.45) is 0 Å². The average molecular weight is 240 g/mol. The molecule has 0 aliphatic heterocycles. The summed E-state index contributed by atoms with van der Waals surface area (Å²) in [4.78, 5) is 0. The van der Waals surface area contributed by atoms with E-state index in [1.54, 1.807) is 30.3 Å². The number of nitriles is 1. The van der Waals surface area contributed by atoms with Crippen LogP contribution in [0.15, 0.2) is 30.3 Å². The highest BCUT2D eigenvalue weighted by atomic mass is 35.5. The molecule has 1 aromatic rings. The number of alkyl halides is 2. The monoisotopic (exact) mass is 239 g/mol. The van der Waals surface area contributed by atoms with E-state index in [2.05, 4.69) is 0 Å². The summed E-state index contributed by atoms with van der Waals surface area (Å²) >= 11 is 5.54. The van der Waals surface area contributed by atoms with Gasteiger partial charge in [-0.1, -0.05) is 36.8 Å².